The predicted octanol–water partition coefficient (Wildman–Crippen LogP) is 5.53. The van der Waals surface area contributed by atoms with Crippen molar-refractivity contribution in [2.24, 2.45) is 7.05 Å². The van der Waals surface area contributed by atoms with Gasteiger partial charge in [0, 0.05) is 38.1 Å². The number of hydrogen-bond donors (Lipinski definition) is 1. The summed E-state index contributed by atoms with van der Waals surface area (Å²) in [5.41, 5.74) is 4.40. The number of ether oxygens (including phenoxy) is 1. The number of aryl methyl sites for hydroxylation is 2. The van der Waals surface area contributed by atoms with Gasteiger partial charge >= 0.3 is 0 Å². The summed E-state index contributed by atoms with van der Waals surface area (Å²) in [5, 5.41) is 4.26. The van der Waals surface area contributed by atoms with Crippen molar-refractivity contribution in [3.05, 3.63) is 77.8 Å². The van der Waals surface area contributed by atoms with Crippen molar-refractivity contribution >= 4 is 22.0 Å². The average Bonchev–Trinajstić information content (AvgIpc) is 3.37. The van der Waals surface area contributed by atoms with Crippen LogP contribution in [0, 0.1) is 18.6 Å². The van der Waals surface area contributed by atoms with Crippen molar-refractivity contribution in [2.75, 3.05) is 13.2 Å². The standard InChI is InChI=1S/C26H24F2N4O2/c1-16-15-34-23-7-6-18(26-31-21-11-19(27)20(28)12-22(21)32(26)2)25(24(16)23)33-10-4-9-30-14-17-5-3-8-29-13-17/h3,5-8,11-13,15,30H,4,9-10,14H2,1-2H3. The first-order valence-corrected chi connectivity index (χ1v) is 11.1. The van der Waals surface area contributed by atoms with Crippen molar-refractivity contribution in [3.8, 4) is 17.1 Å². The lowest BCUT2D eigenvalue weighted by Crippen LogP contribution is -2.17. The van der Waals surface area contributed by atoms with E-state index in [-0.39, 0.29) is 0 Å². The maximum atomic E-state index is 13.9. The molecule has 5 aromatic rings. The second-order valence-electron chi connectivity index (χ2n) is 8.22. The van der Waals surface area contributed by atoms with E-state index in [1.807, 2.05) is 37.4 Å². The zero-order valence-corrected chi connectivity index (χ0v) is 18.9. The number of hydrogen-bond acceptors (Lipinski definition) is 5. The highest BCUT2D eigenvalue weighted by Crippen LogP contribution is 2.40. The van der Waals surface area contributed by atoms with Crippen LogP contribution in [-0.4, -0.2) is 27.7 Å². The summed E-state index contributed by atoms with van der Waals surface area (Å²) in [7, 11) is 1.78. The number of halogens is 2. The molecule has 1 N–H and O–H groups in total. The molecule has 6 nitrogen and oxygen atoms in total. The quantitative estimate of drug-likeness (QED) is 0.307. The maximum Gasteiger partial charge on any atom is 0.161 e. The third-order valence-electron chi connectivity index (χ3n) is 5.84. The van der Waals surface area contributed by atoms with Crippen LogP contribution in [0.15, 0.2) is 59.5 Å². The van der Waals surface area contributed by atoms with Gasteiger partial charge in [0.1, 0.15) is 17.2 Å². The van der Waals surface area contributed by atoms with Crippen LogP contribution in [0.2, 0.25) is 0 Å². The normalized spacial score (nSPS) is 11.5. The summed E-state index contributed by atoms with van der Waals surface area (Å²) in [6.45, 7) is 3.94. The Bertz CT molecular complexity index is 1460. The van der Waals surface area contributed by atoms with Crippen molar-refractivity contribution in [2.45, 2.75) is 19.9 Å². The van der Waals surface area contributed by atoms with E-state index in [4.69, 9.17) is 9.15 Å². The number of pyridine rings is 1. The lowest BCUT2D eigenvalue weighted by molar-refractivity contribution is 0.312. The zero-order chi connectivity index (χ0) is 23.7. The van der Waals surface area contributed by atoms with Gasteiger partial charge in [0.15, 0.2) is 11.6 Å². The van der Waals surface area contributed by atoms with Gasteiger partial charge in [-0.3, -0.25) is 4.98 Å². The fourth-order valence-corrected chi connectivity index (χ4v) is 4.11. The molecule has 0 saturated carbocycles. The first kappa shape index (κ1) is 22.0. The Morgan fingerprint density at radius 2 is 2.00 bits per heavy atom. The summed E-state index contributed by atoms with van der Waals surface area (Å²) in [6.07, 6.45) is 6.07. The molecule has 0 bridgehead atoms. The highest BCUT2D eigenvalue weighted by atomic mass is 19.2. The molecule has 0 fully saturated rings. The molecule has 0 spiro atoms. The summed E-state index contributed by atoms with van der Waals surface area (Å²) in [6, 6.07) is 9.95. The second-order valence-corrected chi connectivity index (χ2v) is 8.22. The van der Waals surface area contributed by atoms with Gasteiger partial charge in [0.05, 0.1) is 34.9 Å². The van der Waals surface area contributed by atoms with Crippen LogP contribution in [-0.2, 0) is 13.6 Å². The van der Waals surface area contributed by atoms with Crippen LogP contribution in [0.1, 0.15) is 17.5 Å². The van der Waals surface area contributed by atoms with Crippen LogP contribution in [0.25, 0.3) is 33.4 Å². The molecule has 8 heteroatoms. The first-order chi connectivity index (χ1) is 16.5. The van der Waals surface area contributed by atoms with Crippen molar-refractivity contribution in [3.63, 3.8) is 0 Å². The summed E-state index contributed by atoms with van der Waals surface area (Å²) in [4.78, 5) is 8.70. The number of furan rings is 1. The molecule has 5 rings (SSSR count). The van der Waals surface area contributed by atoms with Crippen molar-refractivity contribution < 1.29 is 17.9 Å². The third kappa shape index (κ3) is 4.12. The Hall–Kier alpha value is -3.78. The molecule has 3 heterocycles. The molecule has 3 aromatic heterocycles. The van der Waals surface area contributed by atoms with E-state index in [2.05, 4.69) is 15.3 Å². The molecule has 0 amide bonds. The van der Waals surface area contributed by atoms with E-state index >= 15 is 0 Å². The first-order valence-electron chi connectivity index (χ1n) is 11.1. The van der Waals surface area contributed by atoms with Gasteiger partial charge < -0.3 is 19.0 Å². The minimum atomic E-state index is -0.923. The van der Waals surface area contributed by atoms with E-state index in [1.54, 1.807) is 24.1 Å². The summed E-state index contributed by atoms with van der Waals surface area (Å²) >= 11 is 0. The summed E-state index contributed by atoms with van der Waals surface area (Å²) < 4.78 is 41.3. The van der Waals surface area contributed by atoms with Crippen LogP contribution >= 0.6 is 0 Å². The summed E-state index contributed by atoms with van der Waals surface area (Å²) in [5.74, 6) is -0.616. The molecule has 0 aliphatic heterocycles. The van der Waals surface area contributed by atoms with Gasteiger partial charge in [-0.2, -0.15) is 0 Å². The Balaban J connectivity index is 1.41. The molecule has 0 aliphatic rings. The highest BCUT2D eigenvalue weighted by molar-refractivity contribution is 5.95. The lowest BCUT2D eigenvalue weighted by Gasteiger charge is -2.14. The molecule has 0 saturated heterocycles. The largest absolute Gasteiger partial charge is 0.492 e. The van der Waals surface area contributed by atoms with Crippen molar-refractivity contribution in [1.29, 1.82) is 0 Å². The second kappa shape index (κ2) is 9.23. The Kier molecular flexibility index (Phi) is 5.98. The number of imidazole rings is 1. The molecular formula is C26H24F2N4O2. The smallest absolute Gasteiger partial charge is 0.161 e. The van der Waals surface area contributed by atoms with E-state index in [1.165, 1.54) is 0 Å². The van der Waals surface area contributed by atoms with Gasteiger partial charge in [0.25, 0.3) is 0 Å². The molecular weight excluding hydrogens is 438 g/mol. The van der Waals surface area contributed by atoms with E-state index in [9.17, 15) is 8.78 Å². The topological polar surface area (TPSA) is 65.1 Å². The minimum Gasteiger partial charge on any atom is -0.492 e. The molecule has 0 radical (unpaired) electrons. The van der Waals surface area contributed by atoms with E-state index < -0.39 is 11.6 Å². The number of fused-ring (bicyclic) bond motifs is 2. The zero-order valence-electron chi connectivity index (χ0n) is 18.9. The van der Waals surface area contributed by atoms with E-state index in [0.717, 1.165) is 53.7 Å². The van der Waals surface area contributed by atoms with Gasteiger partial charge in [-0.15, -0.1) is 0 Å². The minimum absolute atomic E-state index is 0.381. The predicted molar refractivity (Wildman–Crippen MR) is 127 cm³/mol. The van der Waals surface area contributed by atoms with Crippen LogP contribution in [0.5, 0.6) is 5.75 Å². The molecule has 2 aromatic carbocycles. The molecule has 174 valence electrons. The molecule has 34 heavy (non-hydrogen) atoms. The average molecular weight is 463 g/mol. The van der Waals surface area contributed by atoms with Gasteiger partial charge in [0.2, 0.25) is 0 Å². The lowest BCUT2D eigenvalue weighted by atomic mass is 10.1. The number of benzene rings is 2. The fraction of sp³-hybridized carbons (Fsp3) is 0.231. The monoisotopic (exact) mass is 462 g/mol. The van der Waals surface area contributed by atoms with Crippen LogP contribution < -0.4 is 10.1 Å². The van der Waals surface area contributed by atoms with Crippen LogP contribution in [0.4, 0.5) is 8.78 Å². The Labute approximate surface area is 195 Å². The van der Waals surface area contributed by atoms with Gasteiger partial charge in [-0.05, 0) is 49.2 Å². The number of nitrogens with zero attached hydrogens (tertiary/aromatic N) is 3. The van der Waals surface area contributed by atoms with Gasteiger partial charge in [-0.25, -0.2) is 13.8 Å². The molecule has 0 unspecified atom stereocenters. The fourth-order valence-electron chi connectivity index (χ4n) is 4.11. The third-order valence-corrected chi connectivity index (χ3v) is 5.84. The van der Waals surface area contributed by atoms with E-state index in [0.29, 0.717) is 34.8 Å². The Morgan fingerprint density at radius 3 is 2.82 bits per heavy atom. The number of nitrogens with one attached hydrogen (secondary N) is 1. The number of aromatic nitrogens is 3. The molecule has 0 aliphatic carbocycles. The maximum absolute atomic E-state index is 13.9. The highest BCUT2D eigenvalue weighted by Gasteiger charge is 2.20. The van der Waals surface area contributed by atoms with Gasteiger partial charge in [-0.1, -0.05) is 6.07 Å². The molecule has 0 atom stereocenters. The Morgan fingerprint density at radius 1 is 1.15 bits per heavy atom. The van der Waals surface area contributed by atoms with Crippen molar-refractivity contribution in [1.82, 2.24) is 19.9 Å². The van der Waals surface area contributed by atoms with Crippen LogP contribution in [0.3, 0.4) is 0 Å². The number of rotatable bonds is 8. The SMILES string of the molecule is Cc1coc2ccc(-c3nc4cc(F)c(F)cc4n3C)c(OCCCNCc3cccnc3)c12.